The van der Waals surface area contributed by atoms with Gasteiger partial charge >= 0.3 is 0 Å². The molecule has 0 saturated carbocycles. The summed E-state index contributed by atoms with van der Waals surface area (Å²) < 4.78 is 26.1. The molecule has 104 valence electrons. The van der Waals surface area contributed by atoms with Crippen LogP contribution >= 0.6 is 8.19 Å². The average molecular weight is 298 g/mol. The number of rotatable bonds is 2. The molecule has 2 aromatic carbocycles. The van der Waals surface area contributed by atoms with Crippen molar-refractivity contribution in [2.75, 3.05) is 0 Å². The molecular weight excluding hydrogens is 285 g/mol. The van der Waals surface area contributed by atoms with Crippen LogP contribution in [-0.2, 0) is 0 Å². The van der Waals surface area contributed by atoms with Gasteiger partial charge in [-0.25, -0.2) is 8.78 Å². The lowest BCUT2D eigenvalue weighted by Crippen LogP contribution is -1.81. The van der Waals surface area contributed by atoms with Gasteiger partial charge < -0.3 is 0 Å². The first-order valence-corrected chi connectivity index (χ1v) is 7.52. The van der Waals surface area contributed by atoms with Gasteiger partial charge in [-0.3, -0.25) is 0 Å². The lowest BCUT2D eigenvalue weighted by atomic mass is 10.1. The fourth-order valence-corrected chi connectivity index (χ4v) is 3.56. The summed E-state index contributed by atoms with van der Waals surface area (Å²) in [6.45, 7) is 2.03. The molecule has 0 atom stereocenters. The van der Waals surface area contributed by atoms with E-state index in [0.29, 0.717) is 0 Å². The summed E-state index contributed by atoms with van der Waals surface area (Å²) in [5.41, 5.74) is 3.14. The summed E-state index contributed by atoms with van der Waals surface area (Å²) in [6.07, 6.45) is 0. The third-order valence-corrected chi connectivity index (χ3v) is 4.51. The third kappa shape index (κ3) is 3.17. The Morgan fingerprint density at radius 2 is 1.05 bits per heavy atom. The summed E-state index contributed by atoms with van der Waals surface area (Å²) in [5, 5.41) is 2.24. The summed E-state index contributed by atoms with van der Waals surface area (Å²) in [7, 11) is 1.04. The molecule has 0 aliphatic carbocycles. The van der Waals surface area contributed by atoms with E-state index in [1.54, 1.807) is 24.3 Å². The van der Waals surface area contributed by atoms with Crippen molar-refractivity contribution in [3.8, 4) is 21.7 Å². The Kier molecular flexibility index (Phi) is 3.81. The summed E-state index contributed by atoms with van der Waals surface area (Å²) in [4.78, 5) is 0. The monoisotopic (exact) mass is 298 g/mol. The zero-order chi connectivity index (χ0) is 14.8. The van der Waals surface area contributed by atoms with Crippen molar-refractivity contribution in [1.82, 2.24) is 0 Å². The minimum Gasteiger partial charge on any atom is -0.207 e. The predicted octanol–water partition coefficient (Wildman–Crippen LogP) is 6.19. The van der Waals surface area contributed by atoms with Crippen LogP contribution in [0, 0.1) is 18.6 Å². The minimum atomic E-state index is -0.234. The molecular formula is C18H13F2P. The summed E-state index contributed by atoms with van der Waals surface area (Å²) in [6, 6.07) is 17.2. The molecule has 0 N–H and O–H groups in total. The second-order valence-electron chi connectivity index (χ2n) is 4.93. The van der Waals surface area contributed by atoms with Gasteiger partial charge in [-0.2, -0.15) is 0 Å². The summed E-state index contributed by atoms with van der Waals surface area (Å²) >= 11 is 0. The van der Waals surface area contributed by atoms with Gasteiger partial charge in [-0.15, -0.1) is 0 Å². The first-order valence-electron chi connectivity index (χ1n) is 6.62. The van der Waals surface area contributed by atoms with E-state index in [1.807, 2.05) is 6.92 Å². The van der Waals surface area contributed by atoms with E-state index in [9.17, 15) is 8.78 Å². The van der Waals surface area contributed by atoms with E-state index in [-0.39, 0.29) is 11.6 Å². The molecule has 1 aromatic heterocycles. The molecule has 0 aliphatic heterocycles. The highest BCUT2D eigenvalue weighted by molar-refractivity contribution is 7.37. The van der Waals surface area contributed by atoms with Crippen LogP contribution in [0.2, 0.25) is 0 Å². The molecule has 0 radical (unpaired) electrons. The van der Waals surface area contributed by atoms with Crippen molar-refractivity contribution < 1.29 is 8.78 Å². The Bertz CT molecular complexity index is 698. The van der Waals surface area contributed by atoms with Crippen molar-refractivity contribution in [3.05, 3.63) is 77.9 Å². The zero-order valence-electron chi connectivity index (χ0n) is 11.5. The van der Waals surface area contributed by atoms with Crippen molar-refractivity contribution in [2.45, 2.75) is 6.92 Å². The highest BCUT2D eigenvalue weighted by atomic mass is 31.0. The van der Waals surface area contributed by atoms with Gasteiger partial charge in [0.25, 0.3) is 0 Å². The van der Waals surface area contributed by atoms with E-state index in [1.165, 1.54) is 24.3 Å². The second kappa shape index (κ2) is 5.75. The summed E-state index contributed by atoms with van der Waals surface area (Å²) in [5.74, 6) is -0.469. The fraction of sp³-hybridized carbons (Fsp3) is 0.0556. The molecule has 0 nitrogen and oxygen atoms in total. The van der Waals surface area contributed by atoms with E-state index >= 15 is 0 Å². The Balaban J connectivity index is 2.07. The molecule has 1 heterocycles. The van der Waals surface area contributed by atoms with Crippen LogP contribution in [0.3, 0.4) is 0 Å². The van der Waals surface area contributed by atoms with Crippen molar-refractivity contribution in [1.29, 1.82) is 0 Å². The molecule has 0 aliphatic rings. The molecule has 0 bridgehead atoms. The molecule has 21 heavy (non-hydrogen) atoms. The largest absolute Gasteiger partial charge is 0.207 e. The highest BCUT2D eigenvalue weighted by Crippen LogP contribution is 2.37. The Labute approximate surface area is 124 Å². The number of hydrogen-bond donors (Lipinski definition) is 0. The molecule has 0 unspecified atom stereocenters. The normalized spacial score (nSPS) is 10.6. The number of aryl methyl sites for hydroxylation is 1. The topological polar surface area (TPSA) is 0 Å². The molecule has 3 aromatic rings. The van der Waals surface area contributed by atoms with Crippen LogP contribution < -0.4 is 0 Å². The zero-order valence-corrected chi connectivity index (χ0v) is 12.4. The van der Waals surface area contributed by atoms with E-state index in [4.69, 9.17) is 0 Å². The van der Waals surface area contributed by atoms with Gasteiger partial charge in [0, 0.05) is 10.6 Å². The quantitative estimate of drug-likeness (QED) is 0.529. The van der Waals surface area contributed by atoms with Crippen LogP contribution in [0.25, 0.3) is 21.7 Å². The maximum Gasteiger partial charge on any atom is 0.123 e. The van der Waals surface area contributed by atoms with Crippen LogP contribution in [0.1, 0.15) is 5.56 Å². The SMILES string of the molecule is Cc1cc(-c2ccc(F)cc2)pc(-c2ccc(F)cc2)c1. The Hall–Kier alpha value is -2.05. The van der Waals surface area contributed by atoms with Crippen molar-refractivity contribution in [3.63, 3.8) is 0 Å². The van der Waals surface area contributed by atoms with Crippen molar-refractivity contribution >= 4 is 8.19 Å². The number of halogens is 2. The van der Waals surface area contributed by atoms with E-state index < -0.39 is 0 Å². The van der Waals surface area contributed by atoms with Gasteiger partial charge in [0.2, 0.25) is 0 Å². The van der Waals surface area contributed by atoms with Gasteiger partial charge in [0.05, 0.1) is 0 Å². The molecule has 0 saturated heterocycles. The Morgan fingerprint density at radius 1 is 0.667 bits per heavy atom. The maximum atomic E-state index is 13.0. The fourth-order valence-electron chi connectivity index (χ4n) is 2.20. The van der Waals surface area contributed by atoms with Crippen molar-refractivity contribution in [2.24, 2.45) is 0 Å². The first kappa shape index (κ1) is 13.9. The van der Waals surface area contributed by atoms with Crippen LogP contribution in [0.5, 0.6) is 0 Å². The van der Waals surface area contributed by atoms with Crippen LogP contribution in [-0.4, -0.2) is 0 Å². The van der Waals surface area contributed by atoms with Crippen LogP contribution in [0.4, 0.5) is 8.78 Å². The van der Waals surface area contributed by atoms with Gasteiger partial charge in [0.1, 0.15) is 11.6 Å². The first-order chi connectivity index (χ1) is 10.1. The highest BCUT2D eigenvalue weighted by Gasteiger charge is 2.05. The average Bonchev–Trinajstić information content (AvgIpc) is 2.48. The van der Waals surface area contributed by atoms with Gasteiger partial charge in [-0.05, 0) is 60.0 Å². The Morgan fingerprint density at radius 3 is 1.43 bits per heavy atom. The van der Waals surface area contributed by atoms with Gasteiger partial charge in [0.15, 0.2) is 0 Å². The second-order valence-corrected chi connectivity index (χ2v) is 6.12. The standard InChI is InChI=1S/C18H13F2P/c1-12-10-17(13-2-6-15(19)7-3-13)21-18(11-12)14-4-8-16(20)9-5-14/h2-11H,1H3. The molecule has 3 rings (SSSR count). The van der Waals surface area contributed by atoms with E-state index in [2.05, 4.69) is 12.1 Å². The number of hydrogen-bond acceptors (Lipinski definition) is 0. The maximum absolute atomic E-state index is 13.0. The van der Waals surface area contributed by atoms with E-state index in [0.717, 1.165) is 35.5 Å². The molecule has 0 spiro atoms. The smallest absolute Gasteiger partial charge is 0.123 e. The molecule has 0 fully saturated rings. The predicted molar refractivity (Wildman–Crippen MR) is 84.5 cm³/mol. The third-order valence-electron chi connectivity index (χ3n) is 3.25. The van der Waals surface area contributed by atoms with Crippen LogP contribution in [0.15, 0.2) is 60.7 Å². The molecule has 0 amide bonds. The number of benzene rings is 2. The minimum absolute atomic E-state index is 0.234. The lowest BCUT2D eigenvalue weighted by molar-refractivity contribution is 0.627. The lowest BCUT2D eigenvalue weighted by Gasteiger charge is -2.08. The van der Waals surface area contributed by atoms with Gasteiger partial charge in [-0.1, -0.05) is 32.5 Å². The molecule has 3 heteroatoms.